The molecule has 3 nitrogen and oxygen atoms in total. The van der Waals surface area contributed by atoms with E-state index in [2.05, 4.69) is 0 Å². The molecule has 1 rings (SSSR count). The highest BCUT2D eigenvalue weighted by molar-refractivity contribution is 6.31. The Morgan fingerprint density at radius 3 is 2.71 bits per heavy atom. The van der Waals surface area contributed by atoms with Gasteiger partial charge in [0.25, 0.3) is 0 Å². The molecule has 0 spiro atoms. The summed E-state index contributed by atoms with van der Waals surface area (Å²) in [6.07, 6.45) is 0. The first-order chi connectivity index (χ1) is 6.61. The fourth-order valence-electron chi connectivity index (χ4n) is 1.04. The summed E-state index contributed by atoms with van der Waals surface area (Å²) in [7, 11) is 1.27. The lowest BCUT2D eigenvalue weighted by atomic mass is 10.2. The van der Waals surface area contributed by atoms with Gasteiger partial charge in [0.05, 0.1) is 13.7 Å². The van der Waals surface area contributed by atoms with Gasteiger partial charge >= 0.3 is 0 Å². The summed E-state index contributed by atoms with van der Waals surface area (Å²) in [4.78, 5) is 0. The van der Waals surface area contributed by atoms with Crippen LogP contribution in [0.15, 0.2) is 6.07 Å². The van der Waals surface area contributed by atoms with Gasteiger partial charge in [-0.3, -0.25) is 0 Å². The second kappa shape index (κ2) is 4.54. The van der Waals surface area contributed by atoms with Crippen molar-refractivity contribution in [2.75, 3.05) is 7.11 Å². The summed E-state index contributed by atoms with van der Waals surface area (Å²) in [6.45, 7) is -0.213. The average Bonchev–Trinajstić information content (AvgIpc) is 2.19. The first-order valence-corrected chi connectivity index (χ1v) is 4.07. The number of nitrogens with one attached hydrogen (secondary N) is 1. The number of benzene rings is 1. The first-order valence-electron chi connectivity index (χ1n) is 3.69. The van der Waals surface area contributed by atoms with Gasteiger partial charge in [-0.2, -0.15) is 0 Å². The number of hydrogen-bond donors (Lipinski definition) is 2. The Morgan fingerprint density at radius 2 is 2.21 bits per heavy atom. The highest BCUT2D eigenvalue weighted by atomic mass is 35.5. The Hall–Kier alpha value is -0.910. The smallest absolute Gasteiger partial charge is 0.153 e. The predicted octanol–water partition coefficient (Wildman–Crippen LogP) is 2.11. The van der Waals surface area contributed by atoms with Crippen molar-refractivity contribution in [3.8, 4) is 5.75 Å². The van der Waals surface area contributed by atoms with Crippen molar-refractivity contribution in [3.63, 3.8) is 0 Å². The maximum absolute atomic E-state index is 13.3. The van der Waals surface area contributed by atoms with Crippen molar-refractivity contribution in [2.24, 2.45) is 0 Å². The minimum Gasteiger partial charge on any atom is -0.496 e. The van der Waals surface area contributed by atoms with E-state index in [9.17, 15) is 8.78 Å². The molecule has 0 unspecified atom stereocenters. The summed E-state index contributed by atoms with van der Waals surface area (Å²) in [5.74, 6) is -1.85. The van der Waals surface area contributed by atoms with Gasteiger partial charge in [0.1, 0.15) is 16.6 Å². The summed E-state index contributed by atoms with van der Waals surface area (Å²) >= 11 is 5.33. The molecule has 0 aliphatic carbocycles. The van der Waals surface area contributed by atoms with Crippen LogP contribution in [0.1, 0.15) is 5.56 Å². The van der Waals surface area contributed by atoms with Crippen LogP contribution >= 0.6 is 11.6 Å². The normalized spacial score (nSPS) is 10.4. The lowest BCUT2D eigenvalue weighted by Crippen LogP contribution is -2.10. The summed E-state index contributed by atoms with van der Waals surface area (Å²) < 4.78 is 30.9. The van der Waals surface area contributed by atoms with E-state index in [-0.39, 0.29) is 17.9 Å². The van der Waals surface area contributed by atoms with Crippen molar-refractivity contribution in [1.29, 1.82) is 0 Å². The maximum atomic E-state index is 13.3. The van der Waals surface area contributed by atoms with Crippen LogP contribution in [0.4, 0.5) is 8.78 Å². The number of methoxy groups -OCH3 is 1. The van der Waals surface area contributed by atoms with Crippen LogP contribution in [-0.2, 0) is 6.54 Å². The van der Waals surface area contributed by atoms with Crippen molar-refractivity contribution < 1.29 is 18.7 Å². The minimum atomic E-state index is -0.940. The zero-order chi connectivity index (χ0) is 10.7. The molecule has 0 bridgehead atoms. The third-order valence-electron chi connectivity index (χ3n) is 1.70. The van der Waals surface area contributed by atoms with Gasteiger partial charge in [-0.05, 0) is 0 Å². The summed E-state index contributed by atoms with van der Waals surface area (Å²) in [6, 6.07) is 0.956. The Labute approximate surface area is 84.2 Å². The lowest BCUT2D eigenvalue weighted by molar-refractivity contribution is 0.158. The Kier molecular flexibility index (Phi) is 3.62. The van der Waals surface area contributed by atoms with E-state index in [1.165, 1.54) is 7.11 Å². The van der Waals surface area contributed by atoms with Crippen molar-refractivity contribution in [2.45, 2.75) is 6.54 Å². The standard InChI is InChI=1S/C8H8ClF2NO2/c1-14-6-2-5(10)7(9)8(11)4(6)3-12-13/h2,12-13H,3H2,1H3. The average molecular weight is 224 g/mol. The third kappa shape index (κ3) is 1.95. The van der Waals surface area contributed by atoms with Gasteiger partial charge in [-0.15, -0.1) is 0 Å². The third-order valence-corrected chi connectivity index (χ3v) is 2.04. The molecule has 0 heterocycles. The Morgan fingerprint density at radius 1 is 1.57 bits per heavy atom. The molecule has 78 valence electrons. The van der Waals surface area contributed by atoms with E-state index in [1.807, 2.05) is 0 Å². The molecule has 1 aromatic rings. The summed E-state index contributed by atoms with van der Waals surface area (Å²) in [5, 5.41) is 7.80. The number of ether oxygens (including phenoxy) is 1. The molecule has 0 aliphatic rings. The molecule has 0 fully saturated rings. The first kappa shape index (κ1) is 11.2. The molecule has 6 heteroatoms. The highest BCUT2D eigenvalue weighted by Gasteiger charge is 2.17. The largest absolute Gasteiger partial charge is 0.496 e. The minimum absolute atomic E-state index is 0.00838. The second-order valence-corrected chi connectivity index (χ2v) is 2.88. The van der Waals surface area contributed by atoms with Crippen LogP contribution in [0.3, 0.4) is 0 Å². The monoisotopic (exact) mass is 223 g/mol. The Balaban J connectivity index is 3.29. The molecular formula is C8H8ClF2NO2. The van der Waals surface area contributed by atoms with E-state index in [1.54, 1.807) is 5.48 Å². The van der Waals surface area contributed by atoms with Gasteiger partial charge in [0, 0.05) is 11.6 Å². The van der Waals surface area contributed by atoms with Crippen molar-refractivity contribution in [3.05, 3.63) is 28.3 Å². The molecule has 0 amide bonds. The Bertz CT molecular complexity index is 347. The highest BCUT2D eigenvalue weighted by Crippen LogP contribution is 2.29. The molecular weight excluding hydrogens is 216 g/mol. The number of hydroxylamine groups is 1. The van der Waals surface area contributed by atoms with E-state index in [0.29, 0.717) is 0 Å². The lowest BCUT2D eigenvalue weighted by Gasteiger charge is -2.10. The quantitative estimate of drug-likeness (QED) is 0.609. The molecule has 0 aromatic heterocycles. The molecule has 14 heavy (non-hydrogen) atoms. The van der Waals surface area contributed by atoms with Gasteiger partial charge in [0.2, 0.25) is 0 Å². The predicted molar refractivity (Wildman–Crippen MR) is 46.5 cm³/mol. The van der Waals surface area contributed by atoms with E-state index < -0.39 is 16.7 Å². The molecule has 0 atom stereocenters. The SMILES string of the molecule is COc1cc(F)c(Cl)c(F)c1CNO. The van der Waals surface area contributed by atoms with E-state index >= 15 is 0 Å². The van der Waals surface area contributed by atoms with E-state index in [0.717, 1.165) is 6.07 Å². The van der Waals surface area contributed by atoms with Crippen LogP contribution < -0.4 is 10.2 Å². The van der Waals surface area contributed by atoms with Crippen LogP contribution in [-0.4, -0.2) is 12.3 Å². The van der Waals surface area contributed by atoms with Crippen LogP contribution in [0.25, 0.3) is 0 Å². The second-order valence-electron chi connectivity index (χ2n) is 2.50. The maximum Gasteiger partial charge on any atom is 0.153 e. The van der Waals surface area contributed by atoms with Crippen LogP contribution in [0.5, 0.6) is 5.75 Å². The van der Waals surface area contributed by atoms with Gasteiger partial charge in [-0.25, -0.2) is 14.3 Å². The molecule has 0 aliphatic heterocycles. The van der Waals surface area contributed by atoms with Crippen molar-refractivity contribution in [1.82, 2.24) is 5.48 Å². The molecule has 0 saturated heterocycles. The van der Waals surface area contributed by atoms with Crippen LogP contribution in [0, 0.1) is 11.6 Å². The van der Waals surface area contributed by atoms with E-state index in [4.69, 9.17) is 21.5 Å². The molecule has 2 N–H and O–H groups in total. The van der Waals surface area contributed by atoms with Gasteiger partial charge in [-0.1, -0.05) is 11.6 Å². The van der Waals surface area contributed by atoms with Crippen LogP contribution in [0.2, 0.25) is 5.02 Å². The number of rotatable bonds is 3. The number of hydrogen-bond acceptors (Lipinski definition) is 3. The molecule has 1 aromatic carbocycles. The zero-order valence-corrected chi connectivity index (χ0v) is 8.03. The topological polar surface area (TPSA) is 41.5 Å². The van der Waals surface area contributed by atoms with Crippen molar-refractivity contribution >= 4 is 11.6 Å². The fourth-order valence-corrected chi connectivity index (χ4v) is 1.21. The van der Waals surface area contributed by atoms with Gasteiger partial charge in [0.15, 0.2) is 5.82 Å². The van der Waals surface area contributed by atoms with Gasteiger partial charge < -0.3 is 9.94 Å². The number of halogens is 3. The summed E-state index contributed by atoms with van der Waals surface area (Å²) in [5.41, 5.74) is 1.72. The fraction of sp³-hybridized carbons (Fsp3) is 0.250. The molecule has 0 radical (unpaired) electrons. The molecule has 0 saturated carbocycles. The zero-order valence-electron chi connectivity index (χ0n) is 7.27.